The summed E-state index contributed by atoms with van der Waals surface area (Å²) in [6, 6.07) is 2.33. The van der Waals surface area contributed by atoms with Gasteiger partial charge in [-0.2, -0.15) is 0 Å². The van der Waals surface area contributed by atoms with Crippen molar-refractivity contribution < 1.29 is 14.6 Å². The average Bonchev–Trinajstić information content (AvgIpc) is 2.20. The van der Waals surface area contributed by atoms with Crippen LogP contribution in [0.15, 0.2) is 21.7 Å². The van der Waals surface area contributed by atoms with Gasteiger partial charge in [0.1, 0.15) is 0 Å². The fourth-order valence-electron chi connectivity index (χ4n) is 0.596. The van der Waals surface area contributed by atoms with Crippen LogP contribution in [0.1, 0.15) is 13.8 Å². The zero-order valence-electron chi connectivity index (χ0n) is 9.02. The molecule has 0 aliphatic carbocycles. The third kappa shape index (κ3) is 8.54. The summed E-state index contributed by atoms with van der Waals surface area (Å²) in [7, 11) is 0. The molecule has 1 aromatic rings. The van der Waals surface area contributed by atoms with Crippen LogP contribution in [0.25, 0.3) is 0 Å². The van der Waals surface area contributed by atoms with Crippen LogP contribution < -0.4 is 11.1 Å². The smallest absolute Gasteiger partial charge is 0.450 e. The molecule has 1 aromatic heterocycles. The fraction of sp³-hybridized carbons (Fsp3) is 0.444. The molecule has 0 radical (unpaired) electrons. The standard InChI is InChI=1S/C5H10O3.C4H4N2O2/c1-4(2)3-8-5(6)7;7-3-1-2-4(8)6-5-3/h4H,3H2,1-2H3,(H,6,7);1-2H,(H,5,7)(H,6,8). The van der Waals surface area contributed by atoms with Crippen LogP contribution in [0.4, 0.5) is 4.79 Å². The topological polar surface area (TPSA) is 112 Å². The van der Waals surface area contributed by atoms with E-state index in [9.17, 15) is 14.4 Å². The number of aromatic amines is 2. The molecular weight excluding hydrogens is 216 g/mol. The van der Waals surface area contributed by atoms with E-state index in [1.54, 1.807) is 0 Å². The number of nitrogens with one attached hydrogen (secondary N) is 2. The lowest BCUT2D eigenvalue weighted by Gasteiger charge is -2.00. The lowest BCUT2D eigenvalue weighted by Crippen LogP contribution is -2.14. The van der Waals surface area contributed by atoms with Crippen molar-refractivity contribution in [1.29, 1.82) is 0 Å². The van der Waals surface area contributed by atoms with Gasteiger partial charge < -0.3 is 9.84 Å². The summed E-state index contributed by atoms with van der Waals surface area (Å²) in [5, 5.41) is 12.2. The number of carboxylic acid groups (broad SMARTS) is 1. The van der Waals surface area contributed by atoms with Gasteiger partial charge in [-0.3, -0.25) is 19.8 Å². The summed E-state index contributed by atoms with van der Waals surface area (Å²) in [5.74, 6) is 0.283. The highest BCUT2D eigenvalue weighted by atomic mass is 16.7. The molecule has 7 nitrogen and oxygen atoms in total. The van der Waals surface area contributed by atoms with Crippen LogP contribution in [-0.2, 0) is 4.74 Å². The number of hydrogen-bond acceptors (Lipinski definition) is 4. The van der Waals surface area contributed by atoms with Gasteiger partial charge in [0.15, 0.2) is 0 Å². The van der Waals surface area contributed by atoms with Gasteiger partial charge >= 0.3 is 6.16 Å². The molecule has 0 saturated carbocycles. The molecule has 0 bridgehead atoms. The molecule has 0 saturated heterocycles. The van der Waals surface area contributed by atoms with Crippen molar-refractivity contribution in [2.45, 2.75) is 13.8 Å². The number of rotatable bonds is 2. The van der Waals surface area contributed by atoms with Crippen molar-refractivity contribution in [3.8, 4) is 0 Å². The minimum absolute atomic E-state index is 0.283. The molecule has 0 unspecified atom stereocenters. The second kappa shape index (κ2) is 7.27. The van der Waals surface area contributed by atoms with Crippen LogP contribution in [0.5, 0.6) is 0 Å². The largest absolute Gasteiger partial charge is 0.505 e. The molecule has 3 N–H and O–H groups in total. The summed E-state index contributed by atoms with van der Waals surface area (Å²) >= 11 is 0. The van der Waals surface area contributed by atoms with Crippen molar-refractivity contribution >= 4 is 6.16 Å². The molecule has 0 aromatic carbocycles. The summed E-state index contributed by atoms with van der Waals surface area (Å²) in [6.45, 7) is 4.07. The van der Waals surface area contributed by atoms with E-state index in [0.29, 0.717) is 0 Å². The van der Waals surface area contributed by atoms with E-state index in [2.05, 4.69) is 14.9 Å². The van der Waals surface area contributed by atoms with Crippen LogP contribution in [-0.4, -0.2) is 28.1 Å². The molecule has 0 fully saturated rings. The fourth-order valence-corrected chi connectivity index (χ4v) is 0.596. The Bertz CT molecular complexity index is 368. The lowest BCUT2D eigenvalue weighted by atomic mass is 10.2. The van der Waals surface area contributed by atoms with Gasteiger partial charge in [0.2, 0.25) is 0 Å². The van der Waals surface area contributed by atoms with E-state index in [0.717, 1.165) is 0 Å². The summed E-state index contributed by atoms with van der Waals surface area (Å²) in [5.41, 5.74) is -0.603. The highest BCUT2D eigenvalue weighted by molar-refractivity contribution is 5.56. The van der Waals surface area contributed by atoms with Gasteiger partial charge in [0.05, 0.1) is 6.61 Å². The molecule has 0 spiro atoms. The molecule has 90 valence electrons. The predicted octanol–water partition coefficient (Wildman–Crippen LogP) is 0.400. The molecular formula is C9H14N2O5. The molecule has 0 aliphatic heterocycles. The van der Waals surface area contributed by atoms with Crippen LogP contribution in [0.3, 0.4) is 0 Å². The average molecular weight is 230 g/mol. The monoisotopic (exact) mass is 230 g/mol. The van der Waals surface area contributed by atoms with Gasteiger partial charge in [-0.25, -0.2) is 4.79 Å². The first-order valence-electron chi connectivity index (χ1n) is 4.55. The van der Waals surface area contributed by atoms with Gasteiger partial charge in [-0.1, -0.05) is 13.8 Å². The van der Waals surface area contributed by atoms with Crippen LogP contribution >= 0.6 is 0 Å². The highest BCUT2D eigenvalue weighted by Gasteiger charge is 1.97. The number of H-pyrrole nitrogens is 2. The van der Waals surface area contributed by atoms with Gasteiger partial charge in [-0.15, -0.1) is 0 Å². The Morgan fingerprint density at radius 3 is 1.94 bits per heavy atom. The molecule has 1 heterocycles. The quantitative estimate of drug-likeness (QED) is 0.636. The Labute approximate surface area is 91.1 Å². The zero-order valence-corrected chi connectivity index (χ0v) is 9.02. The van der Waals surface area contributed by atoms with Crippen molar-refractivity contribution in [2.75, 3.05) is 6.61 Å². The molecule has 0 amide bonds. The van der Waals surface area contributed by atoms with Gasteiger partial charge in [0.25, 0.3) is 11.1 Å². The molecule has 7 heteroatoms. The first-order chi connectivity index (χ1) is 7.41. The summed E-state index contributed by atoms with van der Waals surface area (Å²) in [4.78, 5) is 30.1. The summed E-state index contributed by atoms with van der Waals surface area (Å²) < 4.78 is 4.22. The van der Waals surface area contributed by atoms with E-state index in [1.807, 2.05) is 13.8 Å². The number of hydrogen-bond donors (Lipinski definition) is 3. The Balaban J connectivity index is 0.000000281. The van der Waals surface area contributed by atoms with Crippen molar-refractivity contribution in [3.63, 3.8) is 0 Å². The number of ether oxygens (including phenoxy) is 1. The van der Waals surface area contributed by atoms with Crippen molar-refractivity contribution in [2.24, 2.45) is 5.92 Å². The minimum atomic E-state index is -1.20. The molecule has 16 heavy (non-hydrogen) atoms. The SMILES string of the molecule is CC(C)COC(=O)O.O=c1ccc(=O)[nH][nH]1. The van der Waals surface area contributed by atoms with E-state index in [4.69, 9.17) is 5.11 Å². The number of carbonyl (C=O) groups is 1. The molecule has 1 rings (SSSR count). The third-order valence-electron chi connectivity index (χ3n) is 1.24. The highest BCUT2D eigenvalue weighted by Crippen LogP contribution is 1.91. The Kier molecular flexibility index (Phi) is 6.34. The Hall–Kier alpha value is -2.05. The normalized spacial score (nSPS) is 9.19. The van der Waals surface area contributed by atoms with E-state index in [-0.39, 0.29) is 23.6 Å². The predicted molar refractivity (Wildman–Crippen MR) is 56.5 cm³/mol. The molecule has 0 aliphatic rings. The molecule has 0 atom stereocenters. The zero-order chi connectivity index (χ0) is 12.6. The van der Waals surface area contributed by atoms with Gasteiger partial charge in [0, 0.05) is 12.1 Å². The first kappa shape index (κ1) is 13.9. The van der Waals surface area contributed by atoms with Crippen molar-refractivity contribution in [3.05, 3.63) is 32.8 Å². The maximum atomic E-state index is 10.2. The third-order valence-corrected chi connectivity index (χ3v) is 1.24. The van der Waals surface area contributed by atoms with E-state index in [1.165, 1.54) is 12.1 Å². The van der Waals surface area contributed by atoms with Crippen LogP contribution in [0, 0.1) is 5.92 Å². The first-order valence-corrected chi connectivity index (χ1v) is 4.55. The Morgan fingerprint density at radius 1 is 1.31 bits per heavy atom. The Morgan fingerprint density at radius 2 is 1.75 bits per heavy atom. The van der Waals surface area contributed by atoms with E-state index >= 15 is 0 Å². The van der Waals surface area contributed by atoms with Crippen LogP contribution in [0.2, 0.25) is 0 Å². The number of aromatic nitrogens is 2. The lowest BCUT2D eigenvalue weighted by molar-refractivity contribution is 0.0814. The minimum Gasteiger partial charge on any atom is -0.450 e. The maximum Gasteiger partial charge on any atom is 0.505 e. The second-order valence-electron chi connectivity index (χ2n) is 3.28. The van der Waals surface area contributed by atoms with Gasteiger partial charge in [-0.05, 0) is 5.92 Å². The summed E-state index contributed by atoms with van der Waals surface area (Å²) in [6.07, 6.45) is -1.20. The van der Waals surface area contributed by atoms with E-state index < -0.39 is 6.16 Å². The maximum absolute atomic E-state index is 10.2. The van der Waals surface area contributed by atoms with Crippen molar-refractivity contribution in [1.82, 2.24) is 10.2 Å². The second-order valence-corrected chi connectivity index (χ2v) is 3.28.